The van der Waals surface area contributed by atoms with Gasteiger partial charge in [0.2, 0.25) is 0 Å². The summed E-state index contributed by atoms with van der Waals surface area (Å²) in [4.78, 5) is 18.7. The molecule has 0 radical (unpaired) electrons. The minimum atomic E-state index is -0.0161. The Morgan fingerprint density at radius 3 is 2.73 bits per heavy atom. The molecule has 116 valence electrons. The predicted molar refractivity (Wildman–Crippen MR) is 89.3 cm³/mol. The first kappa shape index (κ1) is 16.5. The monoisotopic (exact) mass is 317 g/mol. The van der Waals surface area contributed by atoms with Crippen molar-refractivity contribution in [2.45, 2.75) is 25.5 Å². The van der Waals surface area contributed by atoms with E-state index in [1.54, 1.807) is 4.57 Å². The van der Waals surface area contributed by atoms with Gasteiger partial charge in [0.25, 0.3) is 5.56 Å². The Bertz CT molecular complexity index is 731. The number of likely N-dealkylation sites (N-methyl/N-ethyl adjacent to an activating group) is 1. The summed E-state index contributed by atoms with van der Waals surface area (Å²) in [5.41, 5.74) is 0.678. The van der Waals surface area contributed by atoms with Crippen LogP contribution in [0, 0.1) is 11.3 Å². The number of quaternary nitrogens is 1. The normalized spacial score (nSPS) is 11.0. The Morgan fingerprint density at radius 1 is 1.32 bits per heavy atom. The summed E-state index contributed by atoms with van der Waals surface area (Å²) in [6, 6.07) is 9.48. The molecule has 0 aliphatic rings. The largest absolute Gasteiger partial charge is 0.334 e. The molecule has 0 bridgehead atoms. The molecule has 0 aliphatic carbocycles. The molecule has 2 aromatic rings. The van der Waals surface area contributed by atoms with Crippen molar-refractivity contribution in [3.63, 3.8) is 0 Å². The lowest BCUT2D eigenvalue weighted by Gasteiger charge is -2.17. The van der Waals surface area contributed by atoms with Crippen LogP contribution in [0.3, 0.4) is 0 Å². The van der Waals surface area contributed by atoms with E-state index in [1.807, 2.05) is 24.3 Å². The average molecular weight is 317 g/mol. The molecule has 1 aromatic carbocycles. The van der Waals surface area contributed by atoms with Crippen LogP contribution in [-0.2, 0) is 6.54 Å². The maximum absolute atomic E-state index is 12.7. The second-order valence-corrected chi connectivity index (χ2v) is 5.96. The smallest absolute Gasteiger partial charge is 0.262 e. The second-order valence-electron chi connectivity index (χ2n) is 5.02. The lowest BCUT2D eigenvalue weighted by Crippen LogP contribution is -3.11. The van der Waals surface area contributed by atoms with Gasteiger partial charge in [-0.3, -0.25) is 9.36 Å². The van der Waals surface area contributed by atoms with E-state index in [4.69, 9.17) is 5.26 Å². The molecule has 0 saturated heterocycles. The number of fused-ring (bicyclic) bond motifs is 1. The highest BCUT2D eigenvalue weighted by atomic mass is 32.2. The highest BCUT2D eigenvalue weighted by molar-refractivity contribution is 7.99. The number of hydrogen-bond donors (Lipinski definition) is 1. The number of thioether (sulfide) groups is 1. The molecule has 0 aliphatic heterocycles. The molecule has 1 heterocycles. The van der Waals surface area contributed by atoms with Crippen LogP contribution < -0.4 is 10.5 Å². The summed E-state index contributed by atoms with van der Waals surface area (Å²) in [5.74, 6) is 0.295. The third-order valence-electron chi connectivity index (χ3n) is 3.78. The third kappa shape index (κ3) is 3.67. The van der Waals surface area contributed by atoms with Gasteiger partial charge in [0.05, 0.1) is 48.9 Å². The minimum Gasteiger partial charge on any atom is -0.334 e. The molecular formula is C16H21N4OS+. The molecule has 0 fully saturated rings. The Balaban J connectivity index is 2.42. The van der Waals surface area contributed by atoms with Crippen LogP contribution in [0.1, 0.15) is 13.8 Å². The fourth-order valence-corrected chi connectivity index (χ4v) is 3.11. The fourth-order valence-electron chi connectivity index (χ4n) is 2.43. The number of benzene rings is 1. The molecule has 0 unspecified atom stereocenters. The van der Waals surface area contributed by atoms with Gasteiger partial charge in [-0.2, -0.15) is 5.26 Å². The number of rotatable bonds is 7. The zero-order chi connectivity index (χ0) is 15.9. The van der Waals surface area contributed by atoms with E-state index in [0.717, 1.165) is 19.6 Å². The van der Waals surface area contributed by atoms with E-state index < -0.39 is 0 Å². The summed E-state index contributed by atoms with van der Waals surface area (Å²) in [6.07, 6.45) is 0. The summed E-state index contributed by atoms with van der Waals surface area (Å²) < 4.78 is 1.72. The molecule has 0 amide bonds. The zero-order valence-electron chi connectivity index (χ0n) is 13.0. The van der Waals surface area contributed by atoms with Gasteiger partial charge in [-0.15, -0.1) is 0 Å². The zero-order valence-corrected chi connectivity index (χ0v) is 13.8. The van der Waals surface area contributed by atoms with Crippen LogP contribution >= 0.6 is 11.8 Å². The number of para-hydroxylation sites is 1. The summed E-state index contributed by atoms with van der Waals surface area (Å²) in [6.45, 7) is 7.87. The molecule has 0 spiro atoms. The third-order valence-corrected chi connectivity index (χ3v) is 4.62. The van der Waals surface area contributed by atoms with Crippen LogP contribution in [0.2, 0.25) is 0 Å². The van der Waals surface area contributed by atoms with Gasteiger partial charge < -0.3 is 4.90 Å². The quantitative estimate of drug-likeness (QED) is 0.610. The van der Waals surface area contributed by atoms with E-state index in [-0.39, 0.29) is 5.56 Å². The highest BCUT2D eigenvalue weighted by Crippen LogP contribution is 2.16. The number of nitrogens with one attached hydrogen (secondary N) is 1. The number of nitrogens with zero attached hydrogens (tertiary/aromatic N) is 3. The van der Waals surface area contributed by atoms with E-state index in [2.05, 4.69) is 24.9 Å². The fraction of sp³-hybridized carbons (Fsp3) is 0.438. The van der Waals surface area contributed by atoms with Crippen LogP contribution in [0.5, 0.6) is 0 Å². The van der Waals surface area contributed by atoms with Crippen LogP contribution in [-0.4, -0.2) is 34.9 Å². The topological polar surface area (TPSA) is 63.1 Å². The van der Waals surface area contributed by atoms with Crippen molar-refractivity contribution in [2.24, 2.45) is 0 Å². The van der Waals surface area contributed by atoms with Crippen LogP contribution in [0.25, 0.3) is 10.9 Å². The van der Waals surface area contributed by atoms with Gasteiger partial charge in [-0.05, 0) is 26.0 Å². The first-order valence-electron chi connectivity index (χ1n) is 7.54. The molecule has 6 heteroatoms. The SMILES string of the molecule is CC[NH+](CC)CCn1c(SCC#N)nc2ccccc2c1=O. The Kier molecular flexibility index (Phi) is 5.99. The molecule has 2 rings (SSSR count). The average Bonchev–Trinajstić information content (AvgIpc) is 2.55. The molecule has 0 atom stereocenters. The molecule has 1 aromatic heterocycles. The Labute approximate surface area is 134 Å². The van der Waals surface area contributed by atoms with Crippen LogP contribution in [0.15, 0.2) is 34.2 Å². The van der Waals surface area contributed by atoms with Gasteiger partial charge in [0.1, 0.15) is 0 Å². The lowest BCUT2D eigenvalue weighted by molar-refractivity contribution is -0.897. The van der Waals surface area contributed by atoms with E-state index in [1.165, 1.54) is 16.7 Å². The van der Waals surface area contributed by atoms with Crippen molar-refractivity contribution < 1.29 is 4.90 Å². The maximum Gasteiger partial charge on any atom is 0.262 e. The van der Waals surface area contributed by atoms with Gasteiger partial charge >= 0.3 is 0 Å². The number of hydrogen-bond acceptors (Lipinski definition) is 4. The predicted octanol–water partition coefficient (Wildman–Crippen LogP) is 0.937. The number of nitriles is 1. The molecular weight excluding hydrogens is 296 g/mol. The molecule has 22 heavy (non-hydrogen) atoms. The Hall–Kier alpha value is -1.84. The highest BCUT2D eigenvalue weighted by Gasteiger charge is 2.13. The van der Waals surface area contributed by atoms with Crippen LogP contribution in [0.4, 0.5) is 0 Å². The number of aromatic nitrogens is 2. The maximum atomic E-state index is 12.7. The van der Waals surface area contributed by atoms with Crippen molar-refractivity contribution in [3.8, 4) is 6.07 Å². The van der Waals surface area contributed by atoms with Crippen molar-refractivity contribution >= 4 is 22.7 Å². The molecule has 5 nitrogen and oxygen atoms in total. The van der Waals surface area contributed by atoms with Gasteiger partial charge in [-0.25, -0.2) is 4.98 Å². The molecule has 1 N–H and O–H groups in total. The van der Waals surface area contributed by atoms with Crippen molar-refractivity contribution in [1.82, 2.24) is 9.55 Å². The van der Waals surface area contributed by atoms with Gasteiger partial charge in [0.15, 0.2) is 5.16 Å². The van der Waals surface area contributed by atoms with Gasteiger partial charge in [-0.1, -0.05) is 23.9 Å². The minimum absolute atomic E-state index is 0.0161. The van der Waals surface area contributed by atoms with Crippen molar-refractivity contribution in [3.05, 3.63) is 34.6 Å². The lowest BCUT2D eigenvalue weighted by atomic mass is 10.2. The van der Waals surface area contributed by atoms with E-state index in [9.17, 15) is 4.79 Å². The summed E-state index contributed by atoms with van der Waals surface area (Å²) in [5, 5.41) is 10.1. The first-order valence-corrected chi connectivity index (χ1v) is 8.52. The molecule has 0 saturated carbocycles. The summed E-state index contributed by atoms with van der Waals surface area (Å²) in [7, 11) is 0. The summed E-state index contributed by atoms with van der Waals surface area (Å²) >= 11 is 1.32. The standard InChI is InChI=1S/C16H20N4OS/c1-3-19(4-2)10-11-20-15(21)13-7-5-6-8-14(13)18-16(20)22-12-9-17/h5-8H,3-4,10-12H2,1-2H3/p+1. The second kappa shape index (κ2) is 7.97. The van der Waals surface area contributed by atoms with Crippen molar-refractivity contribution in [1.29, 1.82) is 5.26 Å². The van der Waals surface area contributed by atoms with E-state index >= 15 is 0 Å². The van der Waals surface area contributed by atoms with Gasteiger partial charge in [0, 0.05) is 0 Å². The first-order chi connectivity index (χ1) is 10.7. The van der Waals surface area contributed by atoms with Crippen molar-refractivity contribution in [2.75, 3.05) is 25.4 Å². The van der Waals surface area contributed by atoms with E-state index in [0.29, 0.717) is 28.4 Å². The Morgan fingerprint density at radius 2 is 2.05 bits per heavy atom.